The fourth-order valence-corrected chi connectivity index (χ4v) is 3.14. The van der Waals surface area contributed by atoms with Gasteiger partial charge in [-0.05, 0) is 13.3 Å². The minimum absolute atomic E-state index is 0.318. The molecule has 68 valence electrons. The van der Waals surface area contributed by atoms with Gasteiger partial charge in [-0.3, -0.25) is 14.7 Å². The first-order valence-electron chi connectivity index (χ1n) is 5.07. The van der Waals surface area contributed by atoms with Crippen LogP contribution < -0.4 is 0 Å². The molecule has 0 unspecified atom stereocenters. The smallest absolute Gasteiger partial charge is 0.128 e. The van der Waals surface area contributed by atoms with Gasteiger partial charge >= 0.3 is 0 Å². The van der Waals surface area contributed by atoms with Crippen molar-refractivity contribution in [3.05, 3.63) is 0 Å². The highest BCUT2D eigenvalue weighted by molar-refractivity contribution is 5.00. The van der Waals surface area contributed by atoms with Crippen LogP contribution in [0.5, 0.6) is 0 Å². The molecule has 3 rings (SSSR count). The van der Waals surface area contributed by atoms with E-state index in [0.29, 0.717) is 5.79 Å². The van der Waals surface area contributed by atoms with Gasteiger partial charge in [0.2, 0.25) is 0 Å². The van der Waals surface area contributed by atoms with E-state index in [1.165, 1.54) is 45.7 Å². The second kappa shape index (κ2) is 2.22. The monoisotopic (exact) mass is 167 g/mol. The molecule has 0 saturated carbocycles. The van der Waals surface area contributed by atoms with Crippen molar-refractivity contribution >= 4 is 0 Å². The summed E-state index contributed by atoms with van der Waals surface area (Å²) in [6, 6.07) is 0. The fourth-order valence-electron chi connectivity index (χ4n) is 3.14. The van der Waals surface area contributed by atoms with Gasteiger partial charge in [-0.2, -0.15) is 0 Å². The summed E-state index contributed by atoms with van der Waals surface area (Å²) in [4.78, 5) is 7.92. The van der Waals surface area contributed by atoms with Crippen molar-refractivity contribution < 1.29 is 0 Å². The van der Waals surface area contributed by atoms with Crippen LogP contribution in [-0.2, 0) is 0 Å². The van der Waals surface area contributed by atoms with Crippen LogP contribution >= 0.6 is 0 Å². The maximum Gasteiger partial charge on any atom is 0.128 e. The van der Waals surface area contributed by atoms with E-state index in [2.05, 4.69) is 21.6 Å². The summed E-state index contributed by atoms with van der Waals surface area (Å²) in [6.45, 7) is 10.2. The van der Waals surface area contributed by atoms with Crippen molar-refractivity contribution in [1.29, 1.82) is 0 Å². The first-order chi connectivity index (χ1) is 5.82. The van der Waals surface area contributed by atoms with Crippen LogP contribution in [0.3, 0.4) is 0 Å². The van der Waals surface area contributed by atoms with E-state index in [-0.39, 0.29) is 0 Å². The van der Waals surface area contributed by atoms with Gasteiger partial charge in [0.05, 0.1) is 0 Å². The van der Waals surface area contributed by atoms with E-state index < -0.39 is 0 Å². The predicted octanol–water partition coefficient (Wildman–Crippen LogP) is -0.00300. The van der Waals surface area contributed by atoms with Crippen molar-refractivity contribution in [2.75, 3.05) is 39.3 Å². The Balaban J connectivity index is 1.99. The van der Waals surface area contributed by atoms with Gasteiger partial charge in [0.15, 0.2) is 0 Å². The third-order valence-electron chi connectivity index (χ3n) is 3.93. The van der Waals surface area contributed by atoms with Crippen LogP contribution in [-0.4, -0.2) is 59.8 Å². The summed E-state index contributed by atoms with van der Waals surface area (Å²) >= 11 is 0. The van der Waals surface area contributed by atoms with Crippen LogP contribution in [0.1, 0.15) is 13.3 Å². The number of hydrogen-bond donors (Lipinski definition) is 0. The molecule has 0 amide bonds. The Labute approximate surface area is 73.9 Å². The lowest BCUT2D eigenvalue weighted by Gasteiger charge is -2.46. The van der Waals surface area contributed by atoms with Gasteiger partial charge in [0, 0.05) is 39.3 Å². The summed E-state index contributed by atoms with van der Waals surface area (Å²) < 4.78 is 0. The first-order valence-corrected chi connectivity index (χ1v) is 5.07. The zero-order valence-electron chi connectivity index (χ0n) is 7.79. The van der Waals surface area contributed by atoms with E-state index in [1.54, 1.807) is 0 Å². The van der Waals surface area contributed by atoms with Crippen molar-refractivity contribution in [2.45, 2.75) is 19.1 Å². The molecule has 0 aromatic heterocycles. The van der Waals surface area contributed by atoms with E-state index in [4.69, 9.17) is 0 Å². The Bertz CT molecular complexity index is 184. The molecule has 3 heteroatoms. The number of nitrogens with zero attached hydrogens (tertiary/aromatic N) is 3. The largest absolute Gasteiger partial charge is 0.272 e. The summed E-state index contributed by atoms with van der Waals surface area (Å²) in [5.41, 5.74) is 0. The highest BCUT2D eigenvalue weighted by Crippen LogP contribution is 2.37. The van der Waals surface area contributed by atoms with Crippen LogP contribution in [0.25, 0.3) is 0 Å². The Morgan fingerprint density at radius 3 is 1.67 bits per heavy atom. The lowest BCUT2D eigenvalue weighted by atomic mass is 10.2. The topological polar surface area (TPSA) is 9.72 Å². The minimum Gasteiger partial charge on any atom is -0.272 e. The maximum atomic E-state index is 2.64. The van der Waals surface area contributed by atoms with Crippen molar-refractivity contribution in [3.8, 4) is 0 Å². The molecule has 3 saturated heterocycles. The molecule has 3 nitrogen and oxygen atoms in total. The first kappa shape index (κ1) is 7.30. The molecule has 0 atom stereocenters. The Kier molecular flexibility index (Phi) is 1.35. The number of hydrogen-bond acceptors (Lipinski definition) is 3. The molecule has 12 heavy (non-hydrogen) atoms. The normalized spacial score (nSPS) is 35.8. The molecule has 0 aliphatic carbocycles. The fraction of sp³-hybridized carbons (Fsp3) is 1.00. The molecular formula is C9H17N3. The lowest BCUT2D eigenvalue weighted by Crippen LogP contribution is -2.60. The van der Waals surface area contributed by atoms with Crippen LogP contribution in [0, 0.1) is 0 Å². The minimum atomic E-state index is 0.318. The standard InChI is InChI=1S/C9H17N3/c1-9-10-3-2-4-11(9)6-8-12(9)7-5-10/h2-8H2,1H3. The Hall–Kier alpha value is -0.120. The average molecular weight is 167 g/mol. The van der Waals surface area contributed by atoms with Gasteiger partial charge in [-0.1, -0.05) is 0 Å². The second-order valence-corrected chi connectivity index (χ2v) is 4.29. The third-order valence-corrected chi connectivity index (χ3v) is 3.93. The predicted molar refractivity (Wildman–Crippen MR) is 47.7 cm³/mol. The van der Waals surface area contributed by atoms with Crippen molar-refractivity contribution in [1.82, 2.24) is 14.7 Å². The lowest BCUT2D eigenvalue weighted by molar-refractivity contribution is -0.0801. The molecule has 3 heterocycles. The van der Waals surface area contributed by atoms with Crippen LogP contribution in [0.4, 0.5) is 0 Å². The summed E-state index contributed by atoms with van der Waals surface area (Å²) in [5, 5.41) is 0. The summed E-state index contributed by atoms with van der Waals surface area (Å²) in [6.07, 6.45) is 1.36. The van der Waals surface area contributed by atoms with Gasteiger partial charge in [0.25, 0.3) is 0 Å². The van der Waals surface area contributed by atoms with Gasteiger partial charge < -0.3 is 0 Å². The van der Waals surface area contributed by atoms with E-state index in [9.17, 15) is 0 Å². The van der Waals surface area contributed by atoms with E-state index in [0.717, 1.165) is 0 Å². The molecule has 0 spiro atoms. The second-order valence-electron chi connectivity index (χ2n) is 4.29. The molecule has 0 bridgehead atoms. The molecule has 0 aromatic rings. The van der Waals surface area contributed by atoms with Crippen molar-refractivity contribution in [2.24, 2.45) is 0 Å². The zero-order valence-corrected chi connectivity index (χ0v) is 7.79. The Morgan fingerprint density at radius 2 is 1.17 bits per heavy atom. The summed E-state index contributed by atoms with van der Waals surface area (Å²) in [5.74, 6) is 0.318. The SMILES string of the molecule is CC12N3CCCN1CCN2CC3. The van der Waals surface area contributed by atoms with Crippen LogP contribution in [0.15, 0.2) is 0 Å². The number of rotatable bonds is 0. The molecule has 0 N–H and O–H groups in total. The molecule has 0 radical (unpaired) electrons. The average Bonchev–Trinajstić information content (AvgIpc) is 2.57. The Morgan fingerprint density at radius 1 is 0.750 bits per heavy atom. The maximum absolute atomic E-state index is 2.64. The highest BCUT2D eigenvalue weighted by atomic mass is 15.6. The molecule has 3 aliphatic rings. The summed E-state index contributed by atoms with van der Waals surface area (Å²) in [7, 11) is 0. The zero-order chi connectivity index (χ0) is 8.18. The van der Waals surface area contributed by atoms with Crippen molar-refractivity contribution in [3.63, 3.8) is 0 Å². The van der Waals surface area contributed by atoms with E-state index in [1.807, 2.05) is 0 Å². The van der Waals surface area contributed by atoms with E-state index >= 15 is 0 Å². The van der Waals surface area contributed by atoms with Gasteiger partial charge in [0.1, 0.15) is 5.79 Å². The third kappa shape index (κ3) is 0.679. The molecular weight excluding hydrogens is 150 g/mol. The molecule has 3 aliphatic heterocycles. The van der Waals surface area contributed by atoms with Gasteiger partial charge in [-0.25, -0.2) is 0 Å². The van der Waals surface area contributed by atoms with Gasteiger partial charge in [-0.15, -0.1) is 0 Å². The molecule has 0 aromatic carbocycles. The quantitative estimate of drug-likeness (QED) is 0.503. The molecule has 3 fully saturated rings. The highest BCUT2D eigenvalue weighted by Gasteiger charge is 2.52. The van der Waals surface area contributed by atoms with Crippen LogP contribution in [0.2, 0.25) is 0 Å².